The van der Waals surface area contributed by atoms with Crippen LogP contribution in [-0.4, -0.2) is 14.4 Å². The van der Waals surface area contributed by atoms with Crippen LogP contribution in [-0.2, 0) is 6.42 Å². The van der Waals surface area contributed by atoms with Gasteiger partial charge in [0.05, 0.1) is 33.0 Å². The molecule has 1 saturated carbocycles. The van der Waals surface area contributed by atoms with Crippen molar-refractivity contribution in [3.8, 4) is 0 Å². The number of benzene rings is 4. The SMILES string of the molecule is Cc1c2ccc(CC(C)(C)C)cc2cc2c3ncnc4ccc5c6c(C7CCCC7)cccc6n(c12)c5c43. The fourth-order valence-electron chi connectivity index (χ4n) is 7.56. The molecule has 3 aromatic heterocycles. The van der Waals surface area contributed by atoms with E-state index in [0.29, 0.717) is 5.92 Å². The Labute approximate surface area is 222 Å². The summed E-state index contributed by atoms with van der Waals surface area (Å²) in [6.07, 6.45) is 8.07. The zero-order chi connectivity index (χ0) is 25.8. The van der Waals surface area contributed by atoms with Crippen molar-refractivity contribution in [2.24, 2.45) is 5.41 Å². The van der Waals surface area contributed by atoms with Crippen LogP contribution in [0.3, 0.4) is 0 Å². The molecule has 0 amide bonds. The van der Waals surface area contributed by atoms with Gasteiger partial charge in [0.1, 0.15) is 6.33 Å². The van der Waals surface area contributed by atoms with Crippen LogP contribution in [0.5, 0.6) is 0 Å². The number of aromatic nitrogens is 3. The van der Waals surface area contributed by atoms with Crippen LogP contribution < -0.4 is 0 Å². The zero-order valence-corrected chi connectivity index (χ0v) is 22.7. The van der Waals surface area contributed by atoms with Crippen LogP contribution in [0.15, 0.2) is 60.9 Å². The Balaban J connectivity index is 1.58. The Morgan fingerprint density at radius 2 is 1.66 bits per heavy atom. The van der Waals surface area contributed by atoms with Crippen LogP contribution in [0.1, 0.15) is 69.1 Å². The molecule has 38 heavy (non-hydrogen) atoms. The third kappa shape index (κ3) is 3.02. The minimum absolute atomic E-state index is 0.251. The van der Waals surface area contributed by atoms with Crippen LogP contribution in [0, 0.1) is 12.3 Å². The highest BCUT2D eigenvalue weighted by atomic mass is 14.9. The molecule has 3 heterocycles. The second-order valence-electron chi connectivity index (χ2n) is 12.8. The van der Waals surface area contributed by atoms with Crippen molar-refractivity contribution < 1.29 is 0 Å². The minimum atomic E-state index is 0.251. The molecule has 1 aliphatic carbocycles. The molecule has 0 radical (unpaired) electrons. The predicted molar refractivity (Wildman–Crippen MR) is 161 cm³/mol. The van der Waals surface area contributed by atoms with Gasteiger partial charge in [-0.05, 0) is 89.2 Å². The molecular formula is C35H33N3. The molecule has 3 nitrogen and oxygen atoms in total. The lowest BCUT2D eigenvalue weighted by Crippen LogP contribution is -2.09. The fourth-order valence-corrected chi connectivity index (χ4v) is 7.56. The largest absolute Gasteiger partial charge is 0.307 e. The monoisotopic (exact) mass is 495 g/mol. The van der Waals surface area contributed by atoms with E-state index in [1.807, 2.05) is 0 Å². The van der Waals surface area contributed by atoms with E-state index in [9.17, 15) is 0 Å². The molecule has 0 spiro atoms. The smallest absolute Gasteiger partial charge is 0.116 e. The topological polar surface area (TPSA) is 30.2 Å². The Morgan fingerprint density at radius 3 is 2.47 bits per heavy atom. The molecule has 4 aromatic carbocycles. The van der Waals surface area contributed by atoms with Gasteiger partial charge in [-0.3, -0.25) is 0 Å². The highest BCUT2D eigenvalue weighted by Gasteiger charge is 2.26. The maximum atomic E-state index is 4.94. The molecule has 7 aromatic rings. The van der Waals surface area contributed by atoms with Crippen molar-refractivity contribution >= 4 is 59.9 Å². The Kier molecular flexibility index (Phi) is 4.49. The first-order valence-electron chi connectivity index (χ1n) is 14.2. The van der Waals surface area contributed by atoms with Gasteiger partial charge in [0.2, 0.25) is 0 Å². The summed E-state index contributed by atoms with van der Waals surface area (Å²) in [7, 11) is 0. The molecule has 1 aliphatic rings. The van der Waals surface area contributed by atoms with Crippen molar-refractivity contribution in [1.29, 1.82) is 0 Å². The molecule has 0 atom stereocenters. The first-order valence-corrected chi connectivity index (χ1v) is 14.2. The second-order valence-corrected chi connectivity index (χ2v) is 12.8. The molecule has 0 unspecified atom stereocenters. The average Bonchev–Trinajstić information content (AvgIpc) is 3.54. The van der Waals surface area contributed by atoms with E-state index in [2.05, 4.69) is 86.7 Å². The number of hydrogen-bond donors (Lipinski definition) is 0. The molecule has 0 bridgehead atoms. The fraction of sp³-hybridized carbons (Fsp3) is 0.314. The molecule has 0 N–H and O–H groups in total. The van der Waals surface area contributed by atoms with Gasteiger partial charge in [0.15, 0.2) is 0 Å². The summed E-state index contributed by atoms with van der Waals surface area (Å²) in [6, 6.07) is 21.0. The lowest BCUT2D eigenvalue weighted by Gasteiger charge is -2.19. The highest BCUT2D eigenvalue weighted by Crippen LogP contribution is 2.46. The maximum Gasteiger partial charge on any atom is 0.116 e. The summed E-state index contributed by atoms with van der Waals surface area (Å²) in [4.78, 5) is 9.66. The van der Waals surface area contributed by atoms with Gasteiger partial charge in [0.25, 0.3) is 0 Å². The van der Waals surface area contributed by atoms with Crippen molar-refractivity contribution in [3.05, 3.63) is 77.6 Å². The predicted octanol–water partition coefficient (Wildman–Crippen LogP) is 9.49. The van der Waals surface area contributed by atoms with Crippen LogP contribution in [0.25, 0.3) is 59.9 Å². The normalized spacial score (nSPS) is 15.5. The third-order valence-electron chi connectivity index (χ3n) is 9.02. The highest BCUT2D eigenvalue weighted by molar-refractivity contribution is 6.28. The van der Waals surface area contributed by atoms with Crippen molar-refractivity contribution in [3.63, 3.8) is 0 Å². The number of aryl methyl sites for hydroxylation is 1. The van der Waals surface area contributed by atoms with E-state index in [-0.39, 0.29) is 5.41 Å². The number of pyridine rings is 1. The van der Waals surface area contributed by atoms with Gasteiger partial charge in [-0.2, -0.15) is 0 Å². The number of rotatable bonds is 2. The van der Waals surface area contributed by atoms with E-state index in [1.165, 1.54) is 91.2 Å². The van der Waals surface area contributed by atoms with Crippen molar-refractivity contribution in [1.82, 2.24) is 14.4 Å². The maximum absolute atomic E-state index is 4.94. The molecule has 8 rings (SSSR count). The summed E-state index contributed by atoms with van der Waals surface area (Å²) in [5.74, 6) is 0.652. The quantitative estimate of drug-likeness (QED) is 0.177. The van der Waals surface area contributed by atoms with Gasteiger partial charge >= 0.3 is 0 Å². The van der Waals surface area contributed by atoms with E-state index >= 15 is 0 Å². The first kappa shape index (κ1) is 22.3. The van der Waals surface area contributed by atoms with Crippen molar-refractivity contribution in [2.75, 3.05) is 0 Å². The number of fused-ring (bicyclic) bond motifs is 7. The summed E-state index contributed by atoms with van der Waals surface area (Å²) in [5, 5.41) is 7.81. The van der Waals surface area contributed by atoms with Crippen LogP contribution >= 0.6 is 0 Å². The molecule has 3 heteroatoms. The van der Waals surface area contributed by atoms with Gasteiger partial charge in [-0.1, -0.05) is 63.9 Å². The molecule has 188 valence electrons. The molecule has 1 fully saturated rings. The van der Waals surface area contributed by atoms with Crippen molar-refractivity contribution in [2.45, 2.75) is 65.7 Å². The third-order valence-corrected chi connectivity index (χ3v) is 9.02. The average molecular weight is 496 g/mol. The summed E-state index contributed by atoms with van der Waals surface area (Å²) < 4.78 is 2.55. The second kappa shape index (κ2) is 7.66. The molecular weight excluding hydrogens is 462 g/mol. The number of nitrogens with zero attached hydrogens (tertiary/aromatic N) is 3. The van der Waals surface area contributed by atoms with Gasteiger partial charge < -0.3 is 4.40 Å². The summed E-state index contributed by atoms with van der Waals surface area (Å²) in [6.45, 7) is 9.24. The van der Waals surface area contributed by atoms with Gasteiger partial charge in [-0.15, -0.1) is 0 Å². The standard InChI is InChI=1S/C35H33N3/c1-20-24-13-12-21(18-35(2,3)4)16-23(24)17-27-32-31-28(36-19-37-32)15-14-26-30-25(22-8-5-6-9-22)10-7-11-29(30)38(33(20)27)34(26)31/h7,10-17,19,22H,5-6,8-9,18H2,1-4H3. The number of hydrogen-bond acceptors (Lipinski definition) is 2. The van der Waals surface area contributed by atoms with E-state index in [1.54, 1.807) is 6.33 Å². The Hall–Kier alpha value is -3.72. The Bertz CT molecular complexity index is 2050. The van der Waals surface area contributed by atoms with Gasteiger partial charge in [-0.25, -0.2) is 9.97 Å². The summed E-state index contributed by atoms with van der Waals surface area (Å²) in [5.41, 5.74) is 10.5. The Morgan fingerprint density at radius 1 is 0.842 bits per heavy atom. The minimum Gasteiger partial charge on any atom is -0.307 e. The zero-order valence-electron chi connectivity index (χ0n) is 22.7. The van der Waals surface area contributed by atoms with E-state index in [0.717, 1.165) is 17.5 Å². The first-order chi connectivity index (χ1) is 18.4. The molecule has 0 aliphatic heterocycles. The van der Waals surface area contributed by atoms with Crippen LogP contribution in [0.4, 0.5) is 0 Å². The van der Waals surface area contributed by atoms with Crippen LogP contribution in [0.2, 0.25) is 0 Å². The lowest BCUT2D eigenvalue weighted by atomic mass is 9.87. The van der Waals surface area contributed by atoms with E-state index < -0.39 is 0 Å². The summed E-state index contributed by atoms with van der Waals surface area (Å²) >= 11 is 0. The van der Waals surface area contributed by atoms with Gasteiger partial charge in [0, 0.05) is 16.2 Å². The molecule has 0 saturated heterocycles. The lowest BCUT2D eigenvalue weighted by molar-refractivity contribution is 0.411. The van der Waals surface area contributed by atoms with E-state index in [4.69, 9.17) is 9.97 Å².